The zero-order valence-corrected chi connectivity index (χ0v) is 12.0. The monoisotopic (exact) mass is 247 g/mol. The lowest BCUT2D eigenvalue weighted by molar-refractivity contribution is 0.266. The lowest BCUT2D eigenvalue weighted by atomic mass is 9.84. The van der Waals surface area contributed by atoms with Gasteiger partial charge in [-0.1, -0.05) is 39.0 Å². The molecule has 1 aliphatic rings. The summed E-state index contributed by atoms with van der Waals surface area (Å²) in [6.07, 6.45) is 2.29. The molecule has 0 fully saturated rings. The van der Waals surface area contributed by atoms with Crippen LogP contribution >= 0.6 is 0 Å². The Morgan fingerprint density at radius 3 is 2.67 bits per heavy atom. The predicted octanol–water partition coefficient (Wildman–Crippen LogP) is 3.56. The minimum absolute atomic E-state index is 0.373. The molecule has 2 atom stereocenters. The predicted molar refractivity (Wildman–Crippen MR) is 76.1 cm³/mol. The van der Waals surface area contributed by atoms with Crippen molar-refractivity contribution in [3.8, 4) is 5.75 Å². The summed E-state index contributed by atoms with van der Waals surface area (Å²) in [4.78, 5) is 0. The van der Waals surface area contributed by atoms with Crippen molar-refractivity contribution in [1.29, 1.82) is 0 Å². The van der Waals surface area contributed by atoms with Crippen LogP contribution in [0.25, 0.3) is 0 Å². The number of ether oxygens (including phenoxy) is 1. The van der Waals surface area contributed by atoms with E-state index >= 15 is 0 Å². The fourth-order valence-corrected chi connectivity index (χ4v) is 2.75. The number of fused-ring (bicyclic) bond motifs is 1. The molecule has 0 radical (unpaired) electrons. The highest BCUT2D eigenvalue weighted by molar-refractivity contribution is 5.44. The first-order chi connectivity index (χ1) is 8.65. The van der Waals surface area contributed by atoms with Crippen LogP contribution in [0.4, 0.5) is 0 Å². The van der Waals surface area contributed by atoms with Crippen LogP contribution in [-0.4, -0.2) is 13.7 Å². The lowest BCUT2D eigenvalue weighted by Gasteiger charge is -2.30. The van der Waals surface area contributed by atoms with Crippen LogP contribution in [0.15, 0.2) is 18.2 Å². The average Bonchev–Trinajstić information content (AvgIpc) is 2.39. The van der Waals surface area contributed by atoms with Gasteiger partial charge in [-0.05, 0) is 37.3 Å². The molecule has 0 saturated heterocycles. The molecule has 18 heavy (non-hydrogen) atoms. The summed E-state index contributed by atoms with van der Waals surface area (Å²) in [5.41, 5.74) is 2.70. The number of rotatable bonds is 4. The van der Waals surface area contributed by atoms with E-state index < -0.39 is 0 Å². The van der Waals surface area contributed by atoms with Crippen LogP contribution in [-0.2, 0) is 6.42 Å². The van der Waals surface area contributed by atoms with Gasteiger partial charge in [-0.15, -0.1) is 0 Å². The lowest BCUT2D eigenvalue weighted by Crippen LogP contribution is -2.28. The van der Waals surface area contributed by atoms with Gasteiger partial charge in [-0.2, -0.15) is 0 Å². The second kappa shape index (κ2) is 5.75. The molecule has 0 aromatic heterocycles. The highest BCUT2D eigenvalue weighted by Crippen LogP contribution is 2.37. The van der Waals surface area contributed by atoms with Crippen molar-refractivity contribution in [3.05, 3.63) is 29.3 Å². The molecule has 2 rings (SSSR count). The third-order valence-electron chi connectivity index (χ3n) is 4.19. The molecule has 1 N–H and O–H groups in total. The van der Waals surface area contributed by atoms with E-state index in [9.17, 15) is 0 Å². The number of benzene rings is 1. The Bertz CT molecular complexity index is 400. The molecule has 0 spiro atoms. The van der Waals surface area contributed by atoms with Gasteiger partial charge < -0.3 is 10.1 Å². The highest BCUT2D eigenvalue weighted by atomic mass is 16.5. The van der Waals surface area contributed by atoms with Crippen molar-refractivity contribution >= 4 is 0 Å². The summed E-state index contributed by atoms with van der Waals surface area (Å²) in [6, 6.07) is 6.95. The Labute approximate surface area is 111 Å². The quantitative estimate of drug-likeness (QED) is 0.878. The number of hydrogen-bond donors (Lipinski definition) is 1. The topological polar surface area (TPSA) is 21.3 Å². The molecule has 2 unspecified atom stereocenters. The minimum atomic E-state index is 0.373. The second-order valence-electron chi connectivity index (χ2n) is 5.66. The third-order valence-corrected chi connectivity index (χ3v) is 4.19. The zero-order valence-electron chi connectivity index (χ0n) is 12.0. The molecule has 0 bridgehead atoms. The first-order valence-electron chi connectivity index (χ1n) is 7.07. The average molecular weight is 247 g/mol. The van der Waals surface area contributed by atoms with E-state index in [4.69, 9.17) is 4.74 Å². The van der Waals surface area contributed by atoms with Crippen LogP contribution in [0.5, 0.6) is 5.75 Å². The molecule has 0 saturated carbocycles. The maximum absolute atomic E-state index is 5.93. The summed E-state index contributed by atoms with van der Waals surface area (Å²) in [5.74, 6) is 2.38. The molecule has 100 valence electrons. The van der Waals surface area contributed by atoms with E-state index in [0.29, 0.717) is 17.9 Å². The van der Waals surface area contributed by atoms with Gasteiger partial charge in [-0.3, -0.25) is 0 Å². The number of aryl methyl sites for hydroxylation is 1. The Kier molecular flexibility index (Phi) is 4.28. The summed E-state index contributed by atoms with van der Waals surface area (Å²) in [5, 5.41) is 3.47. The van der Waals surface area contributed by atoms with Crippen molar-refractivity contribution in [2.45, 2.75) is 39.7 Å². The summed E-state index contributed by atoms with van der Waals surface area (Å²) < 4.78 is 5.93. The number of para-hydroxylation sites is 1. The molecular weight excluding hydrogens is 222 g/mol. The van der Waals surface area contributed by atoms with Gasteiger partial charge in [0, 0.05) is 11.6 Å². The van der Waals surface area contributed by atoms with Crippen molar-refractivity contribution in [2.24, 2.45) is 11.8 Å². The first-order valence-corrected chi connectivity index (χ1v) is 7.07. The second-order valence-corrected chi connectivity index (χ2v) is 5.66. The van der Waals surface area contributed by atoms with Gasteiger partial charge in [-0.25, -0.2) is 0 Å². The van der Waals surface area contributed by atoms with Gasteiger partial charge in [0.15, 0.2) is 0 Å². The standard InChI is InChI=1S/C16H25NO/c1-11(2)12(3)15(17-4)14-9-5-7-13-8-6-10-18-16(13)14/h5,7,9,11-12,15,17H,6,8,10H2,1-4H3. The molecule has 1 aromatic carbocycles. The molecule has 1 aromatic rings. The van der Waals surface area contributed by atoms with E-state index in [2.05, 4.69) is 44.3 Å². The molecule has 1 aliphatic heterocycles. The molecule has 1 heterocycles. The highest BCUT2D eigenvalue weighted by Gasteiger charge is 2.25. The van der Waals surface area contributed by atoms with E-state index in [0.717, 1.165) is 25.2 Å². The van der Waals surface area contributed by atoms with Crippen LogP contribution < -0.4 is 10.1 Å². The smallest absolute Gasteiger partial charge is 0.127 e. The Morgan fingerprint density at radius 2 is 2.00 bits per heavy atom. The molecule has 0 amide bonds. The van der Waals surface area contributed by atoms with Gasteiger partial charge in [0.1, 0.15) is 5.75 Å². The SMILES string of the molecule is CNC(c1cccc2c1OCCC2)C(C)C(C)C. The molecule has 0 aliphatic carbocycles. The van der Waals surface area contributed by atoms with E-state index in [1.807, 2.05) is 7.05 Å². The fourth-order valence-electron chi connectivity index (χ4n) is 2.75. The molecule has 2 heteroatoms. The van der Waals surface area contributed by atoms with Crippen molar-refractivity contribution in [1.82, 2.24) is 5.32 Å². The zero-order chi connectivity index (χ0) is 13.1. The molecular formula is C16H25NO. The van der Waals surface area contributed by atoms with E-state index in [1.165, 1.54) is 11.1 Å². The van der Waals surface area contributed by atoms with Gasteiger partial charge >= 0.3 is 0 Å². The number of hydrogen-bond acceptors (Lipinski definition) is 2. The molecule has 2 nitrogen and oxygen atoms in total. The normalized spacial score (nSPS) is 18.1. The first kappa shape index (κ1) is 13.4. The van der Waals surface area contributed by atoms with Crippen LogP contribution in [0.2, 0.25) is 0 Å². The summed E-state index contributed by atoms with van der Waals surface area (Å²) >= 11 is 0. The Morgan fingerprint density at radius 1 is 1.22 bits per heavy atom. The van der Waals surface area contributed by atoms with Crippen molar-refractivity contribution < 1.29 is 4.74 Å². The fraction of sp³-hybridized carbons (Fsp3) is 0.625. The van der Waals surface area contributed by atoms with Gasteiger partial charge in [0.05, 0.1) is 6.61 Å². The maximum Gasteiger partial charge on any atom is 0.127 e. The minimum Gasteiger partial charge on any atom is -0.493 e. The third kappa shape index (κ3) is 2.54. The van der Waals surface area contributed by atoms with Crippen LogP contribution in [0.3, 0.4) is 0 Å². The maximum atomic E-state index is 5.93. The van der Waals surface area contributed by atoms with Crippen molar-refractivity contribution in [3.63, 3.8) is 0 Å². The van der Waals surface area contributed by atoms with Crippen LogP contribution in [0, 0.1) is 11.8 Å². The van der Waals surface area contributed by atoms with E-state index in [1.54, 1.807) is 0 Å². The summed E-state index contributed by atoms with van der Waals surface area (Å²) in [7, 11) is 2.05. The Balaban J connectivity index is 2.36. The van der Waals surface area contributed by atoms with E-state index in [-0.39, 0.29) is 0 Å². The summed E-state index contributed by atoms with van der Waals surface area (Å²) in [6.45, 7) is 7.74. The largest absolute Gasteiger partial charge is 0.493 e. The van der Waals surface area contributed by atoms with Crippen LogP contribution in [0.1, 0.15) is 44.4 Å². The van der Waals surface area contributed by atoms with Gasteiger partial charge in [0.25, 0.3) is 0 Å². The van der Waals surface area contributed by atoms with Gasteiger partial charge in [0.2, 0.25) is 0 Å². The number of nitrogens with one attached hydrogen (secondary N) is 1. The Hall–Kier alpha value is -1.02. The van der Waals surface area contributed by atoms with Crippen molar-refractivity contribution in [2.75, 3.05) is 13.7 Å².